The lowest BCUT2D eigenvalue weighted by Crippen LogP contribution is -2.13. The second kappa shape index (κ2) is 6.23. The van der Waals surface area contributed by atoms with E-state index in [1.165, 1.54) is 0 Å². The molecule has 1 fully saturated rings. The quantitative estimate of drug-likeness (QED) is 0.529. The molecule has 0 amide bonds. The van der Waals surface area contributed by atoms with Crippen LogP contribution in [0.1, 0.15) is 18.2 Å². The van der Waals surface area contributed by atoms with E-state index in [4.69, 9.17) is 0 Å². The van der Waals surface area contributed by atoms with Gasteiger partial charge in [0.25, 0.3) is 0 Å². The first-order valence-electron chi connectivity index (χ1n) is 9.02. The number of nitrogens with zero attached hydrogens (tertiary/aromatic N) is 6. The summed E-state index contributed by atoms with van der Waals surface area (Å²) in [4.78, 5) is 8.91. The molecular formula is C19H18N6O2S. The van der Waals surface area contributed by atoms with E-state index in [0.717, 1.165) is 33.7 Å². The van der Waals surface area contributed by atoms with Crippen LogP contribution in [0.5, 0.6) is 0 Å². The molecule has 0 aromatic carbocycles. The highest BCUT2D eigenvalue weighted by Crippen LogP contribution is 2.30. The molecule has 4 aromatic heterocycles. The highest BCUT2D eigenvalue weighted by Gasteiger charge is 2.31. The van der Waals surface area contributed by atoms with E-state index in [0.29, 0.717) is 6.42 Å². The van der Waals surface area contributed by atoms with E-state index in [-0.39, 0.29) is 17.5 Å². The Bertz CT molecular complexity index is 1280. The van der Waals surface area contributed by atoms with Crippen LogP contribution < -0.4 is 0 Å². The van der Waals surface area contributed by atoms with Gasteiger partial charge in [-0.15, -0.1) is 0 Å². The standard InChI is InChI=1S/C19H18N6O2S/c1-13-17-8-14(15-10-22-24(11-15)18-4-2-3-6-20-18)9-21-19(17)25(23-13)16-5-7-28(26,27)12-16/h2-4,6,8-11,16H,5,7,12H2,1H3. The first-order valence-corrected chi connectivity index (χ1v) is 10.8. The van der Waals surface area contributed by atoms with Gasteiger partial charge in [-0.3, -0.25) is 0 Å². The molecule has 0 saturated carbocycles. The molecule has 1 atom stereocenters. The Morgan fingerprint density at radius 3 is 2.79 bits per heavy atom. The molecule has 5 rings (SSSR count). The van der Waals surface area contributed by atoms with Crippen molar-refractivity contribution in [2.75, 3.05) is 11.5 Å². The van der Waals surface area contributed by atoms with Gasteiger partial charge in [-0.05, 0) is 31.5 Å². The molecule has 5 heterocycles. The Morgan fingerprint density at radius 2 is 2.04 bits per heavy atom. The van der Waals surface area contributed by atoms with Gasteiger partial charge in [-0.25, -0.2) is 27.7 Å². The third kappa shape index (κ3) is 2.88. The van der Waals surface area contributed by atoms with Gasteiger partial charge in [0, 0.05) is 35.1 Å². The maximum Gasteiger partial charge on any atom is 0.158 e. The number of rotatable bonds is 3. The van der Waals surface area contributed by atoms with Crippen LogP contribution in [0.2, 0.25) is 0 Å². The smallest absolute Gasteiger partial charge is 0.158 e. The van der Waals surface area contributed by atoms with Gasteiger partial charge < -0.3 is 0 Å². The average Bonchev–Trinajstić information content (AvgIpc) is 3.40. The summed E-state index contributed by atoms with van der Waals surface area (Å²) in [7, 11) is -2.98. The van der Waals surface area contributed by atoms with E-state index in [9.17, 15) is 8.42 Å². The minimum absolute atomic E-state index is 0.128. The second-order valence-corrected chi connectivity index (χ2v) is 9.27. The van der Waals surface area contributed by atoms with E-state index < -0.39 is 9.84 Å². The van der Waals surface area contributed by atoms with E-state index in [2.05, 4.69) is 20.2 Å². The second-order valence-electron chi connectivity index (χ2n) is 7.04. The van der Waals surface area contributed by atoms with Crippen molar-refractivity contribution >= 4 is 20.9 Å². The summed E-state index contributed by atoms with van der Waals surface area (Å²) in [5.41, 5.74) is 3.42. The van der Waals surface area contributed by atoms with Crippen LogP contribution in [-0.2, 0) is 9.84 Å². The van der Waals surface area contributed by atoms with Crippen LogP contribution in [0.25, 0.3) is 28.0 Å². The monoisotopic (exact) mass is 394 g/mol. The molecule has 1 saturated heterocycles. The number of pyridine rings is 2. The summed E-state index contributed by atoms with van der Waals surface area (Å²) in [6, 6.07) is 7.55. The molecule has 142 valence electrons. The van der Waals surface area contributed by atoms with Crippen LogP contribution in [0.4, 0.5) is 0 Å². The number of aryl methyl sites for hydroxylation is 1. The van der Waals surface area contributed by atoms with Crippen molar-refractivity contribution < 1.29 is 8.42 Å². The Morgan fingerprint density at radius 1 is 1.14 bits per heavy atom. The normalized spacial score (nSPS) is 18.7. The maximum absolute atomic E-state index is 11.8. The Labute approximate surface area is 161 Å². The Kier molecular flexibility index (Phi) is 3.80. The molecule has 0 spiro atoms. The Hall–Kier alpha value is -3.07. The maximum atomic E-state index is 11.8. The summed E-state index contributed by atoms with van der Waals surface area (Å²) in [5.74, 6) is 1.08. The number of sulfone groups is 1. The van der Waals surface area contributed by atoms with Crippen LogP contribution in [0.3, 0.4) is 0 Å². The molecule has 1 aliphatic rings. The molecule has 0 radical (unpaired) electrons. The molecule has 9 heteroatoms. The van der Waals surface area contributed by atoms with Crippen molar-refractivity contribution in [2.45, 2.75) is 19.4 Å². The summed E-state index contributed by atoms with van der Waals surface area (Å²) < 4.78 is 27.2. The summed E-state index contributed by atoms with van der Waals surface area (Å²) in [5, 5.41) is 9.90. The van der Waals surface area contributed by atoms with Gasteiger partial charge in [-0.1, -0.05) is 6.07 Å². The van der Waals surface area contributed by atoms with Crippen molar-refractivity contribution in [3.63, 3.8) is 0 Å². The molecule has 1 aliphatic heterocycles. The molecule has 0 bridgehead atoms. The van der Waals surface area contributed by atoms with E-state index >= 15 is 0 Å². The fourth-order valence-electron chi connectivity index (χ4n) is 3.64. The molecule has 8 nitrogen and oxygen atoms in total. The van der Waals surface area contributed by atoms with Crippen molar-refractivity contribution in [1.29, 1.82) is 0 Å². The summed E-state index contributed by atoms with van der Waals surface area (Å²) >= 11 is 0. The molecule has 4 aromatic rings. The van der Waals surface area contributed by atoms with Crippen molar-refractivity contribution in [3.05, 3.63) is 54.7 Å². The zero-order valence-electron chi connectivity index (χ0n) is 15.2. The predicted octanol–water partition coefficient (Wildman–Crippen LogP) is 2.35. The lowest BCUT2D eigenvalue weighted by Gasteiger charge is -2.09. The number of aromatic nitrogens is 6. The summed E-state index contributed by atoms with van der Waals surface area (Å²) in [6.45, 7) is 1.92. The van der Waals surface area contributed by atoms with Gasteiger partial charge >= 0.3 is 0 Å². The van der Waals surface area contributed by atoms with Gasteiger partial charge in [0.15, 0.2) is 21.3 Å². The molecule has 0 aliphatic carbocycles. The van der Waals surface area contributed by atoms with Gasteiger partial charge in [0.05, 0.1) is 29.4 Å². The minimum atomic E-state index is -2.98. The van der Waals surface area contributed by atoms with Crippen molar-refractivity contribution in [1.82, 2.24) is 29.5 Å². The topological polar surface area (TPSA) is 95.6 Å². The number of hydrogen-bond acceptors (Lipinski definition) is 6. The lowest BCUT2D eigenvalue weighted by molar-refractivity contribution is 0.509. The van der Waals surface area contributed by atoms with Gasteiger partial charge in [0.2, 0.25) is 0 Å². The highest BCUT2D eigenvalue weighted by molar-refractivity contribution is 7.91. The van der Waals surface area contributed by atoms with E-state index in [1.54, 1.807) is 28.0 Å². The first kappa shape index (κ1) is 17.1. The fraction of sp³-hybridized carbons (Fsp3) is 0.263. The zero-order chi connectivity index (χ0) is 19.3. The number of fused-ring (bicyclic) bond motifs is 1. The van der Waals surface area contributed by atoms with Gasteiger partial charge in [-0.2, -0.15) is 10.2 Å². The first-order chi connectivity index (χ1) is 13.5. The van der Waals surface area contributed by atoms with Gasteiger partial charge in [0.1, 0.15) is 0 Å². The molecule has 1 unspecified atom stereocenters. The molecule has 0 N–H and O–H groups in total. The Balaban J connectivity index is 1.53. The zero-order valence-corrected chi connectivity index (χ0v) is 16.0. The largest absolute Gasteiger partial charge is 0.243 e. The van der Waals surface area contributed by atoms with Crippen LogP contribution in [0.15, 0.2) is 49.1 Å². The fourth-order valence-corrected chi connectivity index (χ4v) is 5.33. The van der Waals surface area contributed by atoms with Crippen LogP contribution in [0, 0.1) is 6.92 Å². The lowest BCUT2D eigenvalue weighted by atomic mass is 10.1. The van der Waals surface area contributed by atoms with Crippen molar-refractivity contribution in [3.8, 4) is 16.9 Å². The SMILES string of the molecule is Cc1nn(C2CCS(=O)(=O)C2)c2ncc(-c3cnn(-c4ccccn4)c3)cc12. The van der Waals surface area contributed by atoms with E-state index in [1.807, 2.05) is 37.4 Å². The molecular weight excluding hydrogens is 376 g/mol. The third-order valence-corrected chi connectivity index (χ3v) is 6.84. The third-order valence-electron chi connectivity index (χ3n) is 5.09. The van der Waals surface area contributed by atoms with Crippen LogP contribution >= 0.6 is 0 Å². The van der Waals surface area contributed by atoms with Crippen molar-refractivity contribution in [2.24, 2.45) is 0 Å². The predicted molar refractivity (Wildman–Crippen MR) is 105 cm³/mol. The highest BCUT2D eigenvalue weighted by atomic mass is 32.2. The number of hydrogen-bond donors (Lipinski definition) is 0. The minimum Gasteiger partial charge on any atom is -0.243 e. The summed E-state index contributed by atoms with van der Waals surface area (Å²) in [6.07, 6.45) is 7.78. The average molecular weight is 394 g/mol. The molecule has 28 heavy (non-hydrogen) atoms. The van der Waals surface area contributed by atoms with Crippen LogP contribution in [-0.4, -0.2) is 49.5 Å².